The molecule has 8 nitrogen and oxygen atoms in total. The van der Waals surface area contributed by atoms with Crippen LogP contribution >= 0.6 is 0 Å². The number of rotatable bonds is 13. The van der Waals surface area contributed by atoms with E-state index in [1.807, 2.05) is 78.9 Å². The normalized spacial score (nSPS) is 14.5. The highest BCUT2D eigenvalue weighted by molar-refractivity contribution is 6.08. The fourth-order valence-electron chi connectivity index (χ4n) is 4.29. The Balaban J connectivity index is 1.30. The molecule has 0 heterocycles. The lowest BCUT2D eigenvalue weighted by Crippen LogP contribution is -2.16. The molecule has 1 fully saturated rings. The van der Waals surface area contributed by atoms with Crippen LogP contribution in [0.25, 0.3) is 0 Å². The summed E-state index contributed by atoms with van der Waals surface area (Å²) in [5.41, 5.74) is 3.73. The maximum atomic E-state index is 11.4. The highest BCUT2D eigenvalue weighted by atomic mass is 16.6. The molecule has 8 heteroatoms. The van der Waals surface area contributed by atoms with Gasteiger partial charge in [-0.3, -0.25) is 4.79 Å². The van der Waals surface area contributed by atoms with Gasteiger partial charge < -0.3 is 24.3 Å². The lowest BCUT2D eigenvalue weighted by Gasteiger charge is -2.19. The van der Waals surface area contributed by atoms with E-state index in [1.165, 1.54) is 13.5 Å². The lowest BCUT2D eigenvalue weighted by molar-refractivity contribution is -0.135. The molecule has 4 rings (SSSR count). The van der Waals surface area contributed by atoms with Crippen LogP contribution < -0.4 is 9.47 Å². The number of nitrogens with zero attached hydrogens (tertiary/aromatic N) is 2. The van der Waals surface area contributed by atoms with Crippen molar-refractivity contribution in [3.63, 3.8) is 0 Å². The minimum atomic E-state index is -0.948. The van der Waals surface area contributed by atoms with Crippen LogP contribution in [0.15, 0.2) is 89.2 Å². The topological polar surface area (TPSA) is 98.9 Å². The van der Waals surface area contributed by atoms with Gasteiger partial charge in [-0.2, -0.15) is 0 Å². The average Bonchev–Trinajstić information content (AvgIpc) is 2.98. The van der Waals surface area contributed by atoms with Gasteiger partial charge in [-0.1, -0.05) is 59.2 Å². The number of hydrogen-bond donors (Lipinski definition) is 1. The van der Waals surface area contributed by atoms with Crippen molar-refractivity contribution in [2.75, 3.05) is 13.7 Å². The van der Waals surface area contributed by atoms with Gasteiger partial charge in [0.05, 0.1) is 12.1 Å². The summed E-state index contributed by atoms with van der Waals surface area (Å²) in [7, 11) is 1.51. The van der Waals surface area contributed by atoms with Crippen LogP contribution in [0.2, 0.25) is 0 Å². The van der Waals surface area contributed by atoms with E-state index in [9.17, 15) is 9.90 Å². The number of oxime groups is 2. The lowest BCUT2D eigenvalue weighted by atomic mass is 9.98. The monoisotopic (exact) mass is 530 g/mol. The number of ether oxygens (including phenoxy) is 2. The fraction of sp³-hybridized carbons (Fsp3) is 0.323. The molecule has 0 aliphatic heterocycles. The van der Waals surface area contributed by atoms with Gasteiger partial charge in [0.15, 0.2) is 0 Å². The van der Waals surface area contributed by atoms with Crippen LogP contribution in [0.5, 0.6) is 11.5 Å². The summed E-state index contributed by atoms with van der Waals surface area (Å²) < 4.78 is 11.8. The van der Waals surface area contributed by atoms with E-state index in [2.05, 4.69) is 10.3 Å². The summed E-state index contributed by atoms with van der Waals surface area (Å²) in [4.78, 5) is 22.0. The SMILES string of the molecule is CON=C(COc1ccc(COc2ccc(C(CC(=O)O)=NOC3CCCCC3)cc2)cc1)c1ccccc1. The Morgan fingerprint density at radius 3 is 2.10 bits per heavy atom. The first-order chi connectivity index (χ1) is 19.1. The molecule has 0 saturated heterocycles. The highest BCUT2D eigenvalue weighted by Gasteiger charge is 2.16. The molecule has 0 atom stereocenters. The molecule has 3 aromatic carbocycles. The maximum Gasteiger partial charge on any atom is 0.309 e. The number of carboxylic acid groups (broad SMARTS) is 1. The number of aliphatic carboxylic acids is 1. The summed E-state index contributed by atoms with van der Waals surface area (Å²) in [5.74, 6) is 0.435. The minimum Gasteiger partial charge on any atom is -0.489 e. The van der Waals surface area contributed by atoms with E-state index < -0.39 is 5.97 Å². The summed E-state index contributed by atoms with van der Waals surface area (Å²) in [5, 5.41) is 17.6. The van der Waals surface area contributed by atoms with Crippen molar-refractivity contribution in [3.8, 4) is 11.5 Å². The van der Waals surface area contributed by atoms with E-state index in [-0.39, 0.29) is 19.1 Å². The predicted molar refractivity (Wildman–Crippen MR) is 149 cm³/mol. The third-order valence-electron chi connectivity index (χ3n) is 6.38. The fourth-order valence-corrected chi connectivity index (χ4v) is 4.29. The number of carboxylic acids is 1. The zero-order chi connectivity index (χ0) is 27.3. The van der Waals surface area contributed by atoms with Gasteiger partial charge in [-0.25, -0.2) is 0 Å². The van der Waals surface area contributed by atoms with E-state index in [4.69, 9.17) is 19.1 Å². The Bertz CT molecular complexity index is 1230. The standard InChI is InChI=1S/C31H34N2O6/c1-36-32-30(24-8-4-2-5-9-24)22-38-26-16-12-23(13-17-26)21-37-27-18-14-25(15-19-27)29(20-31(34)35)33-39-28-10-6-3-7-11-28/h2,4-5,8-9,12-19,28H,3,6-7,10-11,20-22H2,1H3,(H,34,35). The van der Waals surface area contributed by atoms with Gasteiger partial charge in [0.2, 0.25) is 0 Å². The first-order valence-corrected chi connectivity index (χ1v) is 13.2. The van der Waals surface area contributed by atoms with E-state index in [1.54, 1.807) is 0 Å². The molecule has 0 unspecified atom stereocenters. The maximum absolute atomic E-state index is 11.4. The largest absolute Gasteiger partial charge is 0.489 e. The number of carbonyl (C=O) groups is 1. The van der Waals surface area contributed by atoms with Gasteiger partial charge >= 0.3 is 5.97 Å². The van der Waals surface area contributed by atoms with Crippen molar-refractivity contribution in [3.05, 3.63) is 95.6 Å². The Morgan fingerprint density at radius 1 is 0.795 bits per heavy atom. The van der Waals surface area contributed by atoms with Crippen molar-refractivity contribution in [2.45, 2.75) is 51.2 Å². The van der Waals surface area contributed by atoms with Gasteiger partial charge in [0.25, 0.3) is 0 Å². The van der Waals surface area contributed by atoms with Crippen molar-refractivity contribution in [1.29, 1.82) is 0 Å². The van der Waals surface area contributed by atoms with Crippen molar-refractivity contribution >= 4 is 17.4 Å². The van der Waals surface area contributed by atoms with Gasteiger partial charge in [-0.15, -0.1) is 0 Å². The van der Waals surface area contributed by atoms with Crippen LogP contribution in [-0.2, 0) is 21.1 Å². The second-order valence-corrected chi connectivity index (χ2v) is 9.31. The summed E-state index contributed by atoms with van der Waals surface area (Å²) in [6, 6.07) is 24.6. The molecular formula is C31H34N2O6. The van der Waals surface area contributed by atoms with Crippen LogP contribution in [0.1, 0.15) is 55.2 Å². The Hall–Kier alpha value is -4.33. The van der Waals surface area contributed by atoms with Crippen LogP contribution in [0, 0.1) is 0 Å². The Kier molecular flexibility index (Phi) is 10.3. The average molecular weight is 531 g/mol. The predicted octanol–water partition coefficient (Wildman–Crippen LogP) is 6.22. The number of benzene rings is 3. The molecule has 0 radical (unpaired) electrons. The summed E-state index contributed by atoms with van der Waals surface area (Å²) >= 11 is 0. The van der Waals surface area contributed by atoms with Crippen molar-refractivity contribution in [2.24, 2.45) is 10.3 Å². The second kappa shape index (κ2) is 14.6. The quantitative estimate of drug-likeness (QED) is 0.208. The zero-order valence-corrected chi connectivity index (χ0v) is 22.1. The molecule has 204 valence electrons. The van der Waals surface area contributed by atoms with E-state index in [0.29, 0.717) is 35.1 Å². The van der Waals surface area contributed by atoms with E-state index >= 15 is 0 Å². The Morgan fingerprint density at radius 2 is 1.44 bits per heavy atom. The highest BCUT2D eigenvalue weighted by Crippen LogP contribution is 2.22. The molecule has 1 N–H and O–H groups in total. The summed E-state index contributed by atoms with van der Waals surface area (Å²) in [6.45, 7) is 0.653. The minimum absolute atomic E-state index is 0.0614. The molecule has 0 aromatic heterocycles. The van der Waals surface area contributed by atoms with Crippen molar-refractivity contribution in [1.82, 2.24) is 0 Å². The molecule has 1 saturated carbocycles. The second-order valence-electron chi connectivity index (χ2n) is 9.31. The molecule has 3 aromatic rings. The van der Waals surface area contributed by atoms with Crippen LogP contribution in [0.4, 0.5) is 0 Å². The van der Waals surface area contributed by atoms with Gasteiger partial charge in [0.1, 0.15) is 43.6 Å². The molecule has 1 aliphatic carbocycles. The third kappa shape index (κ3) is 8.88. The molecule has 0 amide bonds. The van der Waals surface area contributed by atoms with Gasteiger partial charge in [-0.05, 0) is 67.6 Å². The van der Waals surface area contributed by atoms with E-state index in [0.717, 1.165) is 36.8 Å². The zero-order valence-electron chi connectivity index (χ0n) is 22.1. The first-order valence-electron chi connectivity index (χ1n) is 13.2. The van der Waals surface area contributed by atoms with Crippen LogP contribution in [-0.4, -0.2) is 42.3 Å². The molecule has 39 heavy (non-hydrogen) atoms. The van der Waals surface area contributed by atoms with Crippen LogP contribution in [0.3, 0.4) is 0 Å². The third-order valence-corrected chi connectivity index (χ3v) is 6.38. The number of hydrogen-bond acceptors (Lipinski definition) is 7. The molecule has 1 aliphatic rings. The smallest absolute Gasteiger partial charge is 0.309 e. The molecule has 0 bridgehead atoms. The first kappa shape index (κ1) is 27.7. The van der Waals surface area contributed by atoms with Gasteiger partial charge in [0, 0.05) is 11.1 Å². The Labute approximate surface area is 228 Å². The molecule has 0 spiro atoms. The molecular weight excluding hydrogens is 496 g/mol. The summed E-state index contributed by atoms with van der Waals surface area (Å²) in [6.07, 6.45) is 5.23. The van der Waals surface area contributed by atoms with Crippen molar-refractivity contribution < 1.29 is 29.0 Å².